The first-order chi connectivity index (χ1) is 6.64. The van der Waals surface area contributed by atoms with E-state index in [2.05, 4.69) is 6.92 Å². The minimum Gasteiger partial charge on any atom is -0.324 e. The molecule has 0 saturated carbocycles. The van der Waals surface area contributed by atoms with Gasteiger partial charge in [0.2, 0.25) is 0 Å². The third-order valence-electron chi connectivity index (χ3n) is 1.77. The summed E-state index contributed by atoms with van der Waals surface area (Å²) in [5, 5.41) is 0. The maximum atomic E-state index is 9.54. The van der Waals surface area contributed by atoms with Crippen LogP contribution in [0.1, 0.15) is 19.8 Å². The summed E-state index contributed by atoms with van der Waals surface area (Å²) in [6.07, 6.45) is 7.66. The van der Waals surface area contributed by atoms with Crippen molar-refractivity contribution in [1.29, 1.82) is 0 Å². The first-order valence-corrected chi connectivity index (χ1v) is 7.22. The average Bonchev–Trinajstić information content (AvgIpc) is 2.01. The third kappa shape index (κ3) is 4.49. The second-order valence-electron chi connectivity index (χ2n) is 3.03. The predicted octanol–water partition coefficient (Wildman–Crippen LogP) is 2.53. The Hall–Kier alpha value is 0.0100. The van der Waals surface area contributed by atoms with Crippen LogP contribution in [0.2, 0.25) is 0 Å². The molecule has 0 spiro atoms. The molecule has 1 unspecified atom stereocenters. The molecule has 0 heterocycles. The Morgan fingerprint density at radius 3 is 2.71 bits per heavy atom. The van der Waals surface area contributed by atoms with Gasteiger partial charge in [-0.3, -0.25) is 0 Å². The summed E-state index contributed by atoms with van der Waals surface area (Å²) in [5.41, 5.74) is 1.03. The molecule has 0 fully saturated rings. The number of unbranched alkanes of at least 4 members (excludes halogenated alkanes) is 1. The van der Waals surface area contributed by atoms with Crippen LogP contribution in [0.25, 0.3) is 0 Å². The van der Waals surface area contributed by atoms with Gasteiger partial charge in [0, 0.05) is 0 Å². The van der Waals surface area contributed by atoms with Crippen molar-refractivity contribution < 1.29 is 13.9 Å². The molecule has 0 aliphatic heterocycles. The summed E-state index contributed by atoms with van der Waals surface area (Å²) in [6, 6.07) is 0. The van der Waals surface area contributed by atoms with Crippen molar-refractivity contribution >= 4 is 18.5 Å². The fourth-order valence-electron chi connectivity index (χ4n) is 0.846. The molecule has 0 radical (unpaired) electrons. The maximum Gasteiger partial charge on any atom is 0.324 e. The highest BCUT2D eigenvalue weighted by molar-refractivity contribution is 8.07. The molecule has 1 aliphatic rings. The second kappa shape index (κ2) is 5.79. The van der Waals surface area contributed by atoms with Gasteiger partial charge in [0.25, 0.3) is 0 Å². The van der Waals surface area contributed by atoms with Gasteiger partial charge in [0.1, 0.15) is 0 Å². The number of hydrogen-bond donors (Lipinski definition) is 1. The Morgan fingerprint density at radius 1 is 1.50 bits per heavy atom. The molecule has 14 heavy (non-hydrogen) atoms. The van der Waals surface area contributed by atoms with Gasteiger partial charge in [-0.15, -0.1) is 0 Å². The summed E-state index contributed by atoms with van der Waals surface area (Å²) in [7, 11) is 0. The quantitative estimate of drug-likeness (QED) is 0.542. The van der Waals surface area contributed by atoms with Crippen LogP contribution in [0.4, 0.5) is 0 Å². The van der Waals surface area contributed by atoms with Crippen molar-refractivity contribution in [2.75, 3.05) is 13.2 Å². The molecule has 5 heteroatoms. The smallest absolute Gasteiger partial charge is 0.324 e. The largest absolute Gasteiger partial charge is 0.324 e. The van der Waals surface area contributed by atoms with Gasteiger partial charge in [0.15, 0.2) is 0 Å². The second-order valence-corrected chi connectivity index (χ2v) is 5.87. The molecule has 0 aromatic rings. The molecular formula is C9H15O3PS. The predicted molar refractivity (Wildman–Crippen MR) is 60.5 cm³/mol. The Kier molecular flexibility index (Phi) is 4.99. The van der Waals surface area contributed by atoms with E-state index < -0.39 is 6.72 Å². The zero-order valence-corrected chi connectivity index (χ0v) is 9.89. The minimum absolute atomic E-state index is 0.344. The first-order valence-electron chi connectivity index (χ1n) is 4.63. The highest BCUT2D eigenvalue weighted by Crippen LogP contribution is 2.44. The van der Waals surface area contributed by atoms with E-state index in [1.807, 2.05) is 18.2 Å². The van der Waals surface area contributed by atoms with Crippen LogP contribution in [-0.2, 0) is 20.9 Å². The van der Waals surface area contributed by atoms with Crippen LogP contribution >= 0.6 is 6.72 Å². The van der Waals surface area contributed by atoms with Crippen molar-refractivity contribution in [3.63, 3.8) is 0 Å². The van der Waals surface area contributed by atoms with Crippen LogP contribution in [0.15, 0.2) is 23.8 Å². The van der Waals surface area contributed by atoms with Crippen molar-refractivity contribution in [2.45, 2.75) is 19.8 Å². The number of allylic oxidation sites excluding steroid dienone is 2. The van der Waals surface area contributed by atoms with Crippen molar-refractivity contribution in [3.8, 4) is 0 Å². The standard InChI is InChI=1S/C9H15O3PS/c1-2-3-7-11-13(10,14)12-8-9-5-4-6-9/h4-6H,2-3,7-8H2,1H3,(H,10,14). The summed E-state index contributed by atoms with van der Waals surface area (Å²) in [5.74, 6) is 0. The Bertz CT molecular complexity index is 286. The van der Waals surface area contributed by atoms with E-state index in [1.54, 1.807) is 0 Å². The maximum absolute atomic E-state index is 9.54. The van der Waals surface area contributed by atoms with Crippen LogP contribution in [0.5, 0.6) is 0 Å². The van der Waals surface area contributed by atoms with E-state index >= 15 is 0 Å². The van der Waals surface area contributed by atoms with Crippen molar-refractivity contribution in [1.82, 2.24) is 0 Å². The molecule has 0 saturated heterocycles. The molecule has 1 N–H and O–H groups in total. The van der Waals surface area contributed by atoms with Crippen LogP contribution in [-0.4, -0.2) is 18.1 Å². The summed E-state index contributed by atoms with van der Waals surface area (Å²) < 4.78 is 10.2. The molecule has 0 bridgehead atoms. The highest BCUT2D eigenvalue weighted by atomic mass is 32.5. The van der Waals surface area contributed by atoms with E-state index in [9.17, 15) is 4.89 Å². The summed E-state index contributed by atoms with van der Waals surface area (Å²) >= 11 is 4.82. The molecular weight excluding hydrogens is 219 g/mol. The van der Waals surface area contributed by atoms with Gasteiger partial charge in [-0.05, 0) is 23.8 Å². The summed E-state index contributed by atoms with van der Waals surface area (Å²) in [4.78, 5) is 9.54. The van der Waals surface area contributed by atoms with E-state index in [0.29, 0.717) is 13.2 Å². The number of rotatable bonds is 7. The third-order valence-corrected chi connectivity index (χ3v) is 3.36. The fraction of sp³-hybridized carbons (Fsp3) is 0.556. The van der Waals surface area contributed by atoms with Crippen LogP contribution < -0.4 is 0 Å². The first kappa shape index (κ1) is 12.1. The molecule has 1 aliphatic carbocycles. The van der Waals surface area contributed by atoms with E-state index in [0.717, 1.165) is 18.4 Å². The lowest BCUT2D eigenvalue weighted by molar-refractivity contribution is 0.206. The normalized spacial score (nSPS) is 18.6. The molecule has 0 amide bonds. The van der Waals surface area contributed by atoms with Crippen LogP contribution in [0, 0.1) is 0 Å². The lowest BCUT2D eigenvalue weighted by atomic mass is 10.1. The molecule has 1 rings (SSSR count). The lowest BCUT2D eigenvalue weighted by Gasteiger charge is -2.16. The van der Waals surface area contributed by atoms with Gasteiger partial charge < -0.3 is 13.9 Å². The van der Waals surface area contributed by atoms with Crippen molar-refractivity contribution in [2.24, 2.45) is 0 Å². The SMILES string of the molecule is CCCCOP(O)(=S)OCC1=CC=C1. The molecule has 80 valence electrons. The molecule has 3 nitrogen and oxygen atoms in total. The lowest BCUT2D eigenvalue weighted by Crippen LogP contribution is -2.01. The van der Waals surface area contributed by atoms with E-state index in [-0.39, 0.29) is 0 Å². The van der Waals surface area contributed by atoms with Gasteiger partial charge >= 0.3 is 6.72 Å². The van der Waals surface area contributed by atoms with E-state index in [1.165, 1.54) is 0 Å². The summed E-state index contributed by atoms with van der Waals surface area (Å²) in [6.45, 7) is -0.131. The van der Waals surface area contributed by atoms with Gasteiger partial charge in [-0.1, -0.05) is 31.6 Å². The Labute approximate surface area is 89.7 Å². The van der Waals surface area contributed by atoms with E-state index in [4.69, 9.17) is 20.9 Å². The monoisotopic (exact) mass is 234 g/mol. The van der Waals surface area contributed by atoms with Gasteiger partial charge in [-0.2, -0.15) is 0 Å². The number of hydrogen-bond acceptors (Lipinski definition) is 3. The highest BCUT2D eigenvalue weighted by Gasteiger charge is 2.15. The fourth-order valence-corrected chi connectivity index (χ4v) is 1.97. The molecule has 1 atom stereocenters. The minimum atomic E-state index is -3.00. The van der Waals surface area contributed by atoms with Gasteiger partial charge in [-0.25, -0.2) is 0 Å². The zero-order chi connectivity index (χ0) is 10.4. The average molecular weight is 234 g/mol. The molecule has 0 aromatic heterocycles. The Balaban J connectivity index is 2.16. The van der Waals surface area contributed by atoms with Crippen LogP contribution in [0.3, 0.4) is 0 Å². The van der Waals surface area contributed by atoms with Crippen molar-refractivity contribution in [3.05, 3.63) is 23.8 Å². The van der Waals surface area contributed by atoms with Gasteiger partial charge in [0.05, 0.1) is 13.2 Å². The topological polar surface area (TPSA) is 38.7 Å². The zero-order valence-electron chi connectivity index (χ0n) is 8.18. The molecule has 0 aromatic carbocycles. The Morgan fingerprint density at radius 2 is 2.21 bits per heavy atom.